The van der Waals surface area contributed by atoms with Gasteiger partial charge in [-0.15, -0.1) is 12.4 Å². The Hall–Kier alpha value is -0.730. The van der Waals surface area contributed by atoms with E-state index in [9.17, 15) is 0 Å². The molecule has 96 valence electrons. The Balaban J connectivity index is 0.00000220. The molecule has 3 heteroatoms. The minimum atomic E-state index is -0.0585. The second-order valence-electron chi connectivity index (χ2n) is 4.17. The van der Waals surface area contributed by atoms with Crippen LogP contribution in [0.5, 0.6) is 5.75 Å². The number of rotatable bonds is 4. The van der Waals surface area contributed by atoms with Crippen LogP contribution in [0.1, 0.15) is 30.8 Å². The van der Waals surface area contributed by atoms with Gasteiger partial charge in [0.05, 0.1) is 12.1 Å². The van der Waals surface area contributed by atoms with Crippen molar-refractivity contribution < 1.29 is 10.2 Å². The van der Waals surface area contributed by atoms with Crippen molar-refractivity contribution in [2.45, 2.75) is 26.2 Å². The first kappa shape index (κ1) is 9.23. The van der Waals surface area contributed by atoms with Crippen molar-refractivity contribution in [2.75, 3.05) is 19.7 Å². The van der Waals surface area contributed by atoms with E-state index in [4.69, 9.17) is 10.2 Å². The minimum absolute atomic E-state index is 0. The quantitative estimate of drug-likeness (QED) is 0.898. The van der Waals surface area contributed by atoms with Crippen LogP contribution in [0.15, 0.2) is 24.2 Å². The van der Waals surface area contributed by atoms with Gasteiger partial charge in [-0.2, -0.15) is 0 Å². The number of nitrogens with one attached hydrogen (secondary N) is 1. The van der Waals surface area contributed by atoms with E-state index in [-0.39, 0.29) is 42.3 Å². The van der Waals surface area contributed by atoms with E-state index in [1.54, 1.807) is 0 Å². The van der Waals surface area contributed by atoms with Gasteiger partial charge in [-0.25, -0.2) is 0 Å². The molecule has 0 atom stereocenters. The third kappa shape index (κ3) is 4.57. The number of ether oxygens (including phenoxy) is 1. The molecule has 0 bridgehead atoms. The third-order valence-corrected chi connectivity index (χ3v) is 2.93. The van der Waals surface area contributed by atoms with Crippen molar-refractivity contribution in [1.82, 2.24) is 5.32 Å². The summed E-state index contributed by atoms with van der Waals surface area (Å²) >= 11 is 0. The molecular formula is C14H22ClNO. The summed E-state index contributed by atoms with van der Waals surface area (Å²) in [6.45, 7) is 4.24. The lowest BCUT2D eigenvalue weighted by Crippen LogP contribution is -2.30. The summed E-state index contributed by atoms with van der Waals surface area (Å²) in [5.41, 5.74) is 0.453. The van der Waals surface area contributed by atoms with Gasteiger partial charge in [-0.1, -0.05) is 19.0 Å². The van der Waals surface area contributed by atoms with Gasteiger partial charge in [-0.05, 0) is 55.9 Å². The first-order valence-electron chi connectivity index (χ1n) is 7.99. The molecule has 1 aromatic carbocycles. The van der Waals surface area contributed by atoms with Crippen LogP contribution in [0, 0.1) is 5.92 Å². The topological polar surface area (TPSA) is 21.3 Å². The van der Waals surface area contributed by atoms with Crippen molar-refractivity contribution >= 4 is 12.4 Å². The normalized spacial score (nSPS) is 19.6. The molecule has 1 aliphatic heterocycles. The van der Waals surface area contributed by atoms with Crippen LogP contribution in [-0.4, -0.2) is 19.7 Å². The number of halogens is 1. The van der Waals surface area contributed by atoms with Crippen molar-refractivity contribution in [3.8, 4) is 5.75 Å². The van der Waals surface area contributed by atoms with E-state index in [1.165, 1.54) is 0 Å². The average Bonchev–Trinajstić information content (AvgIpc) is 2.47. The Bertz CT molecular complexity index is 463. The Morgan fingerprint density at radius 3 is 2.53 bits per heavy atom. The lowest BCUT2D eigenvalue weighted by atomic mass is 9.99. The molecule has 1 heterocycles. The predicted octanol–water partition coefficient (Wildman–Crippen LogP) is 3.05. The van der Waals surface area contributed by atoms with Crippen LogP contribution < -0.4 is 10.1 Å². The van der Waals surface area contributed by atoms with Crippen LogP contribution in [0.4, 0.5) is 0 Å². The highest BCUT2D eigenvalue weighted by Crippen LogP contribution is 2.16. The smallest absolute Gasteiger partial charge is 0.119 e. The maximum Gasteiger partial charge on any atom is 0.119 e. The molecule has 0 unspecified atom stereocenters. The minimum Gasteiger partial charge on any atom is -0.493 e. The van der Waals surface area contributed by atoms with E-state index in [0.29, 0.717) is 24.5 Å². The van der Waals surface area contributed by atoms with Gasteiger partial charge in [0, 0.05) is 0 Å². The predicted molar refractivity (Wildman–Crippen MR) is 74.2 cm³/mol. The van der Waals surface area contributed by atoms with Crippen LogP contribution in [0.2, 0.25) is 0 Å². The van der Waals surface area contributed by atoms with Gasteiger partial charge in [0.2, 0.25) is 0 Å². The fourth-order valence-electron chi connectivity index (χ4n) is 1.83. The van der Waals surface area contributed by atoms with Gasteiger partial charge < -0.3 is 10.1 Å². The van der Waals surface area contributed by atoms with E-state index in [0.717, 1.165) is 25.9 Å². The molecule has 1 fully saturated rings. The van der Waals surface area contributed by atoms with E-state index < -0.39 is 0 Å². The lowest BCUT2D eigenvalue weighted by molar-refractivity contribution is 0.215. The number of piperidine rings is 1. The lowest BCUT2D eigenvalue weighted by Gasteiger charge is -2.22. The second kappa shape index (κ2) is 7.57. The molecule has 0 amide bonds. The van der Waals surface area contributed by atoms with Crippen molar-refractivity contribution in [3.05, 3.63) is 29.7 Å². The van der Waals surface area contributed by atoms with Crippen LogP contribution in [-0.2, 0) is 6.42 Å². The van der Waals surface area contributed by atoms with Gasteiger partial charge in [0.1, 0.15) is 5.75 Å². The SMILES string of the molecule is Cl.[2H]c1c([2H])c(OCC2CCNCC2)c([2H])c([2H])c1CC. The molecule has 0 aromatic heterocycles. The number of hydrogen-bond donors (Lipinski definition) is 1. The molecule has 0 spiro atoms. The zero-order valence-corrected chi connectivity index (χ0v) is 11.0. The fourth-order valence-corrected chi connectivity index (χ4v) is 1.83. The van der Waals surface area contributed by atoms with Gasteiger partial charge in [0.25, 0.3) is 0 Å². The Kier molecular flexibility index (Phi) is 4.11. The summed E-state index contributed by atoms with van der Waals surface area (Å²) in [7, 11) is 0. The summed E-state index contributed by atoms with van der Waals surface area (Å²) in [4.78, 5) is 0. The molecule has 1 aromatic rings. The molecule has 2 nitrogen and oxygen atoms in total. The molecule has 0 aliphatic carbocycles. The van der Waals surface area contributed by atoms with Crippen molar-refractivity contribution in [3.63, 3.8) is 0 Å². The summed E-state index contributed by atoms with van der Waals surface area (Å²) in [6.07, 6.45) is 2.54. The second-order valence-corrected chi connectivity index (χ2v) is 4.17. The first-order valence-corrected chi connectivity index (χ1v) is 5.99. The Morgan fingerprint density at radius 1 is 1.29 bits per heavy atom. The Morgan fingerprint density at radius 2 is 1.94 bits per heavy atom. The van der Waals surface area contributed by atoms with Crippen molar-refractivity contribution in [2.24, 2.45) is 5.92 Å². The highest BCUT2D eigenvalue weighted by atomic mass is 35.5. The van der Waals surface area contributed by atoms with Crippen LogP contribution in [0.25, 0.3) is 0 Å². The molecule has 2 rings (SSSR count). The fraction of sp³-hybridized carbons (Fsp3) is 0.571. The van der Waals surface area contributed by atoms with Crippen molar-refractivity contribution in [1.29, 1.82) is 0 Å². The first-order chi connectivity index (χ1) is 9.56. The zero-order valence-electron chi connectivity index (χ0n) is 14.1. The molecule has 1 saturated heterocycles. The summed E-state index contributed by atoms with van der Waals surface area (Å²) in [6, 6.07) is -0.0730. The summed E-state index contributed by atoms with van der Waals surface area (Å²) in [5, 5.41) is 3.28. The molecule has 0 radical (unpaired) electrons. The standard InChI is InChI=1S/C14H21NO.ClH/c1-2-12-3-5-14(6-4-12)16-11-13-7-9-15-10-8-13;/h3-6,13,15H,2,7-11H2,1H3;1H/i3D,4D,5D,6D;. The maximum atomic E-state index is 7.97. The molecule has 1 aliphatic rings. The summed E-state index contributed by atoms with van der Waals surface area (Å²) < 4.78 is 37.4. The molecule has 1 N–H and O–H groups in total. The number of benzene rings is 1. The van der Waals surface area contributed by atoms with Crippen LogP contribution in [0.3, 0.4) is 0 Å². The summed E-state index contributed by atoms with van der Waals surface area (Å²) in [5.74, 6) is 0.514. The van der Waals surface area contributed by atoms with Gasteiger partial charge >= 0.3 is 0 Å². The molecular weight excluding hydrogens is 234 g/mol. The molecule has 0 saturated carbocycles. The highest BCUT2D eigenvalue weighted by molar-refractivity contribution is 5.85. The molecule has 17 heavy (non-hydrogen) atoms. The third-order valence-electron chi connectivity index (χ3n) is 2.93. The van der Waals surface area contributed by atoms with Gasteiger partial charge in [0.15, 0.2) is 0 Å². The zero-order chi connectivity index (χ0) is 14.7. The largest absolute Gasteiger partial charge is 0.493 e. The van der Waals surface area contributed by atoms with E-state index in [1.807, 2.05) is 6.92 Å². The van der Waals surface area contributed by atoms with Gasteiger partial charge in [-0.3, -0.25) is 0 Å². The average molecular weight is 260 g/mol. The number of hydrogen-bond acceptors (Lipinski definition) is 2. The maximum absolute atomic E-state index is 7.97. The van der Waals surface area contributed by atoms with E-state index in [2.05, 4.69) is 5.32 Å². The van der Waals surface area contributed by atoms with Crippen LogP contribution >= 0.6 is 12.4 Å². The highest BCUT2D eigenvalue weighted by Gasteiger charge is 2.13. The van der Waals surface area contributed by atoms with E-state index >= 15 is 0 Å². The monoisotopic (exact) mass is 259 g/mol. The Labute approximate surface area is 116 Å².